The van der Waals surface area contributed by atoms with Gasteiger partial charge in [0.2, 0.25) is 5.39 Å². The summed E-state index contributed by atoms with van der Waals surface area (Å²) in [7, 11) is 0. The van der Waals surface area contributed by atoms with Gasteiger partial charge in [-0.2, -0.15) is 0 Å². The van der Waals surface area contributed by atoms with Gasteiger partial charge in [0.25, 0.3) is 0 Å². The van der Waals surface area contributed by atoms with E-state index in [4.69, 9.17) is 10.1 Å². The molecule has 25 heavy (non-hydrogen) atoms. The van der Waals surface area contributed by atoms with Gasteiger partial charge in [-0.15, -0.1) is 0 Å². The SMILES string of the molecule is CCCCCCCCCCCCCCCCOc1ccc([N+]#N)cc1. The summed E-state index contributed by atoms with van der Waals surface area (Å²) in [4.78, 5) is 3.13. The Bertz CT molecular complexity index is 450. The molecule has 3 nitrogen and oxygen atoms in total. The van der Waals surface area contributed by atoms with Crippen LogP contribution in [0.4, 0.5) is 5.69 Å². The van der Waals surface area contributed by atoms with Crippen LogP contribution in [-0.4, -0.2) is 6.61 Å². The Morgan fingerprint density at radius 3 is 1.56 bits per heavy atom. The molecule has 0 saturated carbocycles. The van der Waals surface area contributed by atoms with Crippen molar-refractivity contribution in [1.29, 1.82) is 5.39 Å². The van der Waals surface area contributed by atoms with Gasteiger partial charge >= 0.3 is 5.69 Å². The maximum absolute atomic E-state index is 8.63. The number of ether oxygens (including phenoxy) is 1. The van der Waals surface area contributed by atoms with Crippen molar-refractivity contribution in [3.05, 3.63) is 29.2 Å². The summed E-state index contributed by atoms with van der Waals surface area (Å²) in [6, 6.07) is 7.19. The minimum atomic E-state index is 0.559. The summed E-state index contributed by atoms with van der Waals surface area (Å²) in [6.45, 7) is 3.05. The summed E-state index contributed by atoms with van der Waals surface area (Å²) in [5.74, 6) is 0.849. The van der Waals surface area contributed by atoms with Gasteiger partial charge < -0.3 is 4.74 Å². The van der Waals surface area contributed by atoms with Crippen molar-refractivity contribution in [3.8, 4) is 5.75 Å². The minimum absolute atomic E-state index is 0.559. The van der Waals surface area contributed by atoms with Gasteiger partial charge in [0.15, 0.2) is 4.98 Å². The van der Waals surface area contributed by atoms with Gasteiger partial charge in [0.05, 0.1) is 6.61 Å². The fourth-order valence-corrected chi connectivity index (χ4v) is 3.10. The number of rotatable bonds is 16. The lowest BCUT2D eigenvalue weighted by Gasteiger charge is -2.05. The first-order valence-corrected chi connectivity index (χ1v) is 10.4. The minimum Gasteiger partial charge on any atom is -0.494 e. The van der Waals surface area contributed by atoms with E-state index in [9.17, 15) is 0 Å². The van der Waals surface area contributed by atoms with Crippen LogP contribution in [0.1, 0.15) is 96.8 Å². The van der Waals surface area contributed by atoms with Gasteiger partial charge in [-0.3, -0.25) is 0 Å². The molecule has 3 heteroatoms. The molecule has 0 radical (unpaired) electrons. The first-order chi connectivity index (χ1) is 12.4. The van der Waals surface area contributed by atoms with Crippen molar-refractivity contribution in [3.63, 3.8) is 0 Å². The average Bonchev–Trinajstić information content (AvgIpc) is 2.65. The molecule has 0 amide bonds. The molecule has 0 unspecified atom stereocenters. The highest BCUT2D eigenvalue weighted by atomic mass is 16.5. The van der Waals surface area contributed by atoms with Gasteiger partial charge in [0.1, 0.15) is 5.75 Å². The van der Waals surface area contributed by atoms with Crippen molar-refractivity contribution in [1.82, 2.24) is 0 Å². The highest BCUT2D eigenvalue weighted by Crippen LogP contribution is 2.18. The number of unbranched alkanes of at least 4 members (excludes halogenated alkanes) is 13. The number of hydrogen-bond acceptors (Lipinski definition) is 2. The largest absolute Gasteiger partial charge is 0.494 e. The maximum atomic E-state index is 8.63. The van der Waals surface area contributed by atoms with E-state index in [1.54, 1.807) is 12.1 Å². The number of hydrogen-bond donors (Lipinski definition) is 0. The average molecular weight is 346 g/mol. The predicted molar refractivity (Wildman–Crippen MR) is 107 cm³/mol. The summed E-state index contributed by atoms with van der Waals surface area (Å²) < 4.78 is 5.69. The van der Waals surface area contributed by atoms with Gasteiger partial charge in [-0.25, -0.2) is 0 Å². The zero-order chi connectivity index (χ0) is 18.0. The lowest BCUT2D eigenvalue weighted by molar-refractivity contribution is 0.304. The first-order valence-electron chi connectivity index (χ1n) is 10.4. The Kier molecular flexibility index (Phi) is 13.7. The molecular weight excluding hydrogens is 308 g/mol. The predicted octanol–water partition coefficient (Wildman–Crippen LogP) is 8.03. The Labute approximate surface area is 154 Å². The molecule has 0 atom stereocenters. The zero-order valence-electron chi connectivity index (χ0n) is 16.2. The molecule has 0 heterocycles. The van der Waals surface area contributed by atoms with Crippen molar-refractivity contribution < 1.29 is 4.74 Å². The summed E-state index contributed by atoms with van der Waals surface area (Å²) in [5.41, 5.74) is 0.559. The molecule has 0 spiro atoms. The molecule has 140 valence electrons. The Balaban J connectivity index is 1.79. The Morgan fingerprint density at radius 1 is 0.680 bits per heavy atom. The van der Waals surface area contributed by atoms with E-state index in [-0.39, 0.29) is 0 Å². The second kappa shape index (κ2) is 15.9. The fraction of sp³-hybridized carbons (Fsp3) is 0.727. The smallest absolute Gasteiger partial charge is 0.385 e. The normalized spacial score (nSPS) is 10.6. The van der Waals surface area contributed by atoms with Crippen molar-refractivity contribution in [2.24, 2.45) is 0 Å². The third kappa shape index (κ3) is 12.5. The van der Waals surface area contributed by atoms with E-state index in [0.29, 0.717) is 5.69 Å². The summed E-state index contributed by atoms with van der Waals surface area (Å²) >= 11 is 0. The first kappa shape index (κ1) is 21.5. The van der Waals surface area contributed by atoms with Crippen LogP contribution in [0.15, 0.2) is 24.3 Å². The highest BCUT2D eigenvalue weighted by molar-refractivity contribution is 5.46. The lowest BCUT2D eigenvalue weighted by Crippen LogP contribution is -1.96. The third-order valence-electron chi connectivity index (χ3n) is 4.72. The molecule has 0 bridgehead atoms. The maximum Gasteiger partial charge on any atom is 0.385 e. The molecule has 0 aliphatic rings. The van der Waals surface area contributed by atoms with E-state index in [2.05, 4.69) is 11.9 Å². The second-order valence-corrected chi connectivity index (χ2v) is 7.04. The van der Waals surface area contributed by atoms with Crippen LogP contribution in [0.5, 0.6) is 5.75 Å². The quantitative estimate of drug-likeness (QED) is 0.224. The second-order valence-electron chi connectivity index (χ2n) is 7.04. The Morgan fingerprint density at radius 2 is 1.12 bits per heavy atom. The molecule has 1 aromatic rings. The molecule has 1 aromatic carbocycles. The lowest BCUT2D eigenvalue weighted by atomic mass is 10.0. The van der Waals surface area contributed by atoms with Crippen LogP contribution in [0.3, 0.4) is 0 Å². The number of diazo groups is 1. The summed E-state index contributed by atoms with van der Waals surface area (Å²) in [6.07, 6.45) is 19.2. The van der Waals surface area contributed by atoms with Gasteiger partial charge in [-0.05, 0) is 18.6 Å². The van der Waals surface area contributed by atoms with E-state index < -0.39 is 0 Å². The van der Waals surface area contributed by atoms with Crippen LogP contribution in [-0.2, 0) is 0 Å². The standard InChI is InChI=1S/C22H37N2O/c1-2-3-4-5-6-7-8-9-10-11-12-13-14-15-20-25-22-18-16-21(24-23)17-19-22/h16-19H,2-15,20H2,1H3/q+1. The molecule has 0 saturated heterocycles. The monoisotopic (exact) mass is 345 g/mol. The molecule has 0 aromatic heterocycles. The van der Waals surface area contributed by atoms with Crippen LogP contribution < -0.4 is 4.74 Å². The van der Waals surface area contributed by atoms with Crippen LogP contribution in [0.25, 0.3) is 4.98 Å². The van der Waals surface area contributed by atoms with Crippen LogP contribution >= 0.6 is 0 Å². The van der Waals surface area contributed by atoms with Crippen LogP contribution in [0.2, 0.25) is 0 Å². The molecule has 0 aliphatic carbocycles. The number of benzene rings is 1. The molecule has 0 aliphatic heterocycles. The Hall–Kier alpha value is -1.56. The van der Waals surface area contributed by atoms with Crippen molar-refractivity contribution >= 4 is 5.69 Å². The van der Waals surface area contributed by atoms with E-state index in [0.717, 1.165) is 18.8 Å². The van der Waals surface area contributed by atoms with Gasteiger partial charge in [0, 0.05) is 12.1 Å². The summed E-state index contributed by atoms with van der Waals surface area (Å²) in [5, 5.41) is 8.63. The molecular formula is C22H37N2O+. The van der Waals surface area contributed by atoms with E-state index in [1.807, 2.05) is 12.1 Å². The van der Waals surface area contributed by atoms with Gasteiger partial charge in [-0.1, -0.05) is 90.4 Å². The van der Waals surface area contributed by atoms with Crippen molar-refractivity contribution in [2.45, 2.75) is 96.8 Å². The zero-order valence-corrected chi connectivity index (χ0v) is 16.2. The topological polar surface area (TPSA) is 37.4 Å². The highest BCUT2D eigenvalue weighted by Gasteiger charge is 2.02. The molecule has 0 N–H and O–H groups in total. The van der Waals surface area contributed by atoms with E-state index in [1.165, 1.54) is 83.5 Å². The molecule has 1 rings (SSSR count). The van der Waals surface area contributed by atoms with E-state index >= 15 is 0 Å². The molecule has 0 fully saturated rings. The number of nitrogens with zero attached hydrogens (tertiary/aromatic N) is 2. The fourth-order valence-electron chi connectivity index (χ4n) is 3.10. The third-order valence-corrected chi connectivity index (χ3v) is 4.72. The van der Waals surface area contributed by atoms with Crippen molar-refractivity contribution in [2.75, 3.05) is 6.61 Å². The van der Waals surface area contributed by atoms with Crippen LogP contribution in [0, 0.1) is 5.39 Å².